The first-order valence-electron chi connectivity index (χ1n) is 4.04. The van der Waals surface area contributed by atoms with Crippen LogP contribution in [0, 0.1) is 0 Å². The molecule has 0 spiro atoms. The van der Waals surface area contributed by atoms with E-state index < -0.39 is 11.8 Å². The van der Waals surface area contributed by atoms with Gasteiger partial charge in [-0.25, -0.2) is 4.39 Å². The smallest absolute Gasteiger partial charge is 0.164 e. The second-order valence-corrected chi connectivity index (χ2v) is 3.27. The number of fused-ring (bicyclic) bond motifs is 1. The molecule has 1 unspecified atom stereocenters. The molecule has 2 aliphatic heterocycles. The van der Waals surface area contributed by atoms with E-state index in [-0.39, 0.29) is 19.2 Å². The normalized spacial score (nSPS) is 46.2. The van der Waals surface area contributed by atoms with Crippen LogP contribution in [0.2, 0.25) is 0 Å². The van der Waals surface area contributed by atoms with E-state index in [0.29, 0.717) is 6.54 Å². The molecule has 1 saturated heterocycles. The van der Waals surface area contributed by atoms with Crippen molar-refractivity contribution in [1.29, 1.82) is 0 Å². The minimum absolute atomic E-state index is 0.0366. The molecule has 0 aromatic rings. The van der Waals surface area contributed by atoms with Crippen LogP contribution in [-0.2, 0) is 0 Å². The number of hydrogen-bond donors (Lipinski definition) is 3. The summed E-state index contributed by atoms with van der Waals surface area (Å²) in [6.07, 6.45) is 0.508. The summed E-state index contributed by atoms with van der Waals surface area (Å²) >= 11 is 0. The third-order valence-electron chi connectivity index (χ3n) is 2.46. The summed E-state index contributed by atoms with van der Waals surface area (Å²) in [7, 11) is 0. The maximum absolute atomic E-state index is 12.9. The van der Waals surface area contributed by atoms with Gasteiger partial charge in [0.1, 0.15) is 0 Å². The predicted octanol–water partition coefficient (Wildman–Crippen LogP) is -1.34. The zero-order valence-corrected chi connectivity index (χ0v) is 6.63. The van der Waals surface area contributed by atoms with E-state index in [4.69, 9.17) is 5.11 Å². The average molecular weight is 173 g/mol. The molecule has 0 aromatic carbocycles. The quantitative estimate of drug-likeness (QED) is 0.430. The highest BCUT2D eigenvalue weighted by atomic mass is 19.1. The first kappa shape index (κ1) is 8.10. The van der Waals surface area contributed by atoms with Crippen LogP contribution in [0.1, 0.15) is 0 Å². The monoisotopic (exact) mass is 173 g/mol. The summed E-state index contributed by atoms with van der Waals surface area (Å²) in [4.78, 5) is 4.03. The van der Waals surface area contributed by atoms with Crippen molar-refractivity contribution in [2.24, 2.45) is 4.99 Å². The molecule has 0 aliphatic carbocycles. The van der Waals surface area contributed by atoms with Gasteiger partial charge in [-0.3, -0.25) is 10.3 Å². The molecule has 5 heteroatoms. The summed E-state index contributed by atoms with van der Waals surface area (Å²) < 4.78 is 12.9. The second kappa shape index (κ2) is 2.76. The van der Waals surface area contributed by atoms with E-state index in [1.165, 1.54) is 0 Å². The van der Waals surface area contributed by atoms with Crippen molar-refractivity contribution in [2.45, 2.75) is 17.9 Å². The van der Waals surface area contributed by atoms with Crippen LogP contribution in [0.3, 0.4) is 0 Å². The van der Waals surface area contributed by atoms with Crippen molar-refractivity contribution in [3.8, 4) is 0 Å². The van der Waals surface area contributed by atoms with Gasteiger partial charge in [-0.2, -0.15) is 0 Å². The molecular weight excluding hydrogens is 161 g/mol. The van der Waals surface area contributed by atoms with Crippen molar-refractivity contribution in [3.05, 3.63) is 0 Å². The molecule has 0 radical (unpaired) electrons. The number of aliphatic hydroxyl groups is 1. The summed E-state index contributed by atoms with van der Waals surface area (Å²) in [6.45, 7) is 0.782. The van der Waals surface area contributed by atoms with Crippen molar-refractivity contribution >= 4 is 6.21 Å². The highest BCUT2D eigenvalue weighted by Gasteiger charge is 2.44. The fraction of sp³-hybridized carbons (Fsp3) is 0.857. The topological polar surface area (TPSA) is 56.7 Å². The van der Waals surface area contributed by atoms with E-state index in [2.05, 4.69) is 15.6 Å². The van der Waals surface area contributed by atoms with E-state index in [9.17, 15) is 4.39 Å². The van der Waals surface area contributed by atoms with Crippen LogP contribution in [0.15, 0.2) is 4.99 Å². The highest BCUT2D eigenvalue weighted by Crippen LogP contribution is 2.19. The molecule has 3 N–H and O–H groups in total. The maximum atomic E-state index is 12.9. The zero-order valence-electron chi connectivity index (χ0n) is 6.63. The maximum Gasteiger partial charge on any atom is 0.164 e. The molecule has 2 heterocycles. The molecule has 0 saturated carbocycles. The van der Waals surface area contributed by atoms with Gasteiger partial charge in [0, 0.05) is 12.8 Å². The lowest BCUT2D eigenvalue weighted by molar-refractivity contribution is 0.0979. The Labute approximate surface area is 69.9 Å². The number of hydrogen-bond acceptors (Lipinski definition) is 4. The van der Waals surface area contributed by atoms with Crippen LogP contribution >= 0.6 is 0 Å². The van der Waals surface area contributed by atoms with Crippen LogP contribution in [0.5, 0.6) is 0 Å². The minimum Gasteiger partial charge on any atom is -0.394 e. The second-order valence-electron chi connectivity index (χ2n) is 3.27. The molecule has 4 nitrogen and oxygen atoms in total. The van der Waals surface area contributed by atoms with Crippen LogP contribution in [-0.4, -0.2) is 48.9 Å². The lowest BCUT2D eigenvalue weighted by atomic mass is 9.92. The Kier molecular flexibility index (Phi) is 1.86. The van der Waals surface area contributed by atoms with E-state index in [1.807, 2.05) is 0 Å². The third kappa shape index (κ3) is 1.05. The largest absolute Gasteiger partial charge is 0.394 e. The van der Waals surface area contributed by atoms with Gasteiger partial charge >= 0.3 is 0 Å². The number of nitrogens with one attached hydrogen (secondary N) is 2. The van der Waals surface area contributed by atoms with E-state index in [1.54, 1.807) is 6.21 Å². The Balaban J connectivity index is 2.17. The summed E-state index contributed by atoms with van der Waals surface area (Å²) in [6, 6.07) is 0.0366. The Morgan fingerprint density at radius 3 is 3.33 bits per heavy atom. The lowest BCUT2D eigenvalue weighted by Crippen LogP contribution is -2.70. The molecule has 2 aliphatic rings. The SMILES string of the molecule is OC[C@@]12C=NCC1NC[C@@H](F)N2. The zero-order chi connectivity index (χ0) is 8.60. The van der Waals surface area contributed by atoms with Crippen LogP contribution < -0.4 is 10.6 Å². The standard InChI is InChI=1S/C7H12FN3O/c8-6-2-10-5-1-9-3-7(5,4-12)11-6/h3,5-6,10-12H,1-2,4H2/t5?,6-,7-/m0/s1. The number of nitrogens with zero attached hydrogens (tertiary/aromatic N) is 1. The number of alkyl halides is 1. The van der Waals surface area contributed by atoms with Gasteiger partial charge in [-0.05, 0) is 0 Å². The Bertz CT molecular complexity index is 211. The van der Waals surface area contributed by atoms with Gasteiger partial charge in [0.2, 0.25) is 0 Å². The summed E-state index contributed by atoms with van der Waals surface area (Å²) in [5.74, 6) is 0. The molecule has 0 bridgehead atoms. The van der Waals surface area contributed by atoms with Gasteiger partial charge < -0.3 is 10.4 Å². The minimum atomic E-state index is -1.10. The number of aliphatic imine (C=N–C) groups is 1. The van der Waals surface area contributed by atoms with Gasteiger partial charge in [0.15, 0.2) is 6.30 Å². The van der Waals surface area contributed by atoms with Crippen molar-refractivity contribution in [2.75, 3.05) is 19.7 Å². The lowest BCUT2D eigenvalue weighted by Gasteiger charge is -2.39. The number of aliphatic hydroxyl groups excluding tert-OH is 1. The van der Waals surface area contributed by atoms with E-state index >= 15 is 0 Å². The molecule has 2 rings (SSSR count). The predicted molar refractivity (Wildman–Crippen MR) is 43.0 cm³/mol. The van der Waals surface area contributed by atoms with Gasteiger partial charge in [-0.15, -0.1) is 0 Å². The first-order chi connectivity index (χ1) is 5.77. The molecule has 0 amide bonds. The van der Waals surface area contributed by atoms with Crippen molar-refractivity contribution in [3.63, 3.8) is 0 Å². The Morgan fingerprint density at radius 1 is 1.75 bits per heavy atom. The van der Waals surface area contributed by atoms with Crippen molar-refractivity contribution in [1.82, 2.24) is 10.6 Å². The number of piperazine rings is 1. The molecule has 0 aromatic heterocycles. The summed E-state index contributed by atoms with van der Waals surface area (Å²) in [5, 5.41) is 14.8. The first-order valence-corrected chi connectivity index (χ1v) is 4.04. The fourth-order valence-electron chi connectivity index (χ4n) is 1.74. The number of rotatable bonds is 1. The van der Waals surface area contributed by atoms with Gasteiger partial charge in [0.05, 0.1) is 24.7 Å². The van der Waals surface area contributed by atoms with Crippen LogP contribution in [0.25, 0.3) is 0 Å². The average Bonchev–Trinajstić information content (AvgIpc) is 2.47. The Morgan fingerprint density at radius 2 is 2.58 bits per heavy atom. The highest BCUT2D eigenvalue weighted by molar-refractivity contribution is 5.75. The van der Waals surface area contributed by atoms with Gasteiger partial charge in [-0.1, -0.05) is 0 Å². The summed E-state index contributed by atoms with van der Waals surface area (Å²) in [5.41, 5.74) is -0.669. The molecule has 68 valence electrons. The molecular formula is C7H12FN3O. The van der Waals surface area contributed by atoms with Crippen molar-refractivity contribution < 1.29 is 9.50 Å². The number of halogens is 1. The fourth-order valence-corrected chi connectivity index (χ4v) is 1.74. The molecule has 12 heavy (non-hydrogen) atoms. The van der Waals surface area contributed by atoms with Crippen LogP contribution in [0.4, 0.5) is 4.39 Å². The molecule has 3 atom stereocenters. The third-order valence-corrected chi connectivity index (χ3v) is 2.46. The Hall–Kier alpha value is -0.520. The van der Waals surface area contributed by atoms with E-state index in [0.717, 1.165) is 0 Å². The van der Waals surface area contributed by atoms with Gasteiger partial charge in [0.25, 0.3) is 0 Å². The molecule has 1 fully saturated rings.